The highest BCUT2D eigenvalue weighted by molar-refractivity contribution is 6.29. The van der Waals surface area contributed by atoms with Crippen molar-refractivity contribution in [3.05, 3.63) is 29.3 Å². The predicted octanol–water partition coefficient (Wildman–Crippen LogP) is 2.64. The summed E-state index contributed by atoms with van der Waals surface area (Å²) in [6, 6.07) is 5.95. The Morgan fingerprint density at radius 1 is 1.30 bits per heavy atom. The molecule has 2 rings (SSSR count). The van der Waals surface area contributed by atoms with Gasteiger partial charge in [-0.1, -0.05) is 18.2 Å². The van der Waals surface area contributed by atoms with Crippen LogP contribution in [-0.4, -0.2) is 37.8 Å². The molecular weight excluding hydrogens is 278 g/mol. The first-order valence-corrected chi connectivity index (χ1v) is 7.32. The molecule has 1 heterocycles. The molecule has 1 aliphatic rings. The Kier molecular flexibility index (Phi) is 5.40. The normalized spacial score (nSPS) is 16.1. The minimum Gasteiger partial charge on any atom is -0.351 e. The lowest BCUT2D eigenvalue weighted by atomic mass is 10.1. The molecule has 0 spiro atoms. The first-order valence-electron chi connectivity index (χ1n) is 6.79. The summed E-state index contributed by atoms with van der Waals surface area (Å²) in [6.45, 7) is 5.68. The lowest BCUT2D eigenvalue weighted by Crippen LogP contribution is -2.42. The van der Waals surface area contributed by atoms with Crippen LogP contribution in [0.15, 0.2) is 18.2 Å². The van der Waals surface area contributed by atoms with Gasteiger partial charge in [0.05, 0.1) is 19.8 Å². The molecule has 0 atom stereocenters. The quantitative estimate of drug-likeness (QED) is 0.802. The van der Waals surface area contributed by atoms with Gasteiger partial charge in [0.2, 0.25) is 5.91 Å². The van der Waals surface area contributed by atoms with Crippen LogP contribution in [0.1, 0.15) is 17.5 Å². The monoisotopic (exact) mass is 297 g/mol. The van der Waals surface area contributed by atoms with Crippen LogP contribution in [0.25, 0.3) is 0 Å². The summed E-state index contributed by atoms with van der Waals surface area (Å²) in [5.41, 5.74) is 2.98. The summed E-state index contributed by atoms with van der Waals surface area (Å²) in [7, 11) is 0. The first kappa shape index (κ1) is 15.3. The summed E-state index contributed by atoms with van der Waals surface area (Å²) in [6.07, 6.45) is 0.513. The van der Waals surface area contributed by atoms with Crippen LogP contribution in [0.4, 0.5) is 5.69 Å². The zero-order valence-corrected chi connectivity index (χ0v) is 12.7. The van der Waals surface area contributed by atoms with Crippen molar-refractivity contribution in [2.24, 2.45) is 0 Å². The van der Waals surface area contributed by atoms with Crippen LogP contribution >= 0.6 is 11.6 Å². The number of para-hydroxylation sites is 1. The summed E-state index contributed by atoms with van der Waals surface area (Å²) in [4.78, 5) is 13.8. The van der Waals surface area contributed by atoms with E-state index in [4.69, 9.17) is 21.1 Å². The summed E-state index contributed by atoms with van der Waals surface area (Å²) < 4.78 is 11.1. The van der Waals surface area contributed by atoms with Gasteiger partial charge in [0, 0.05) is 5.69 Å². The van der Waals surface area contributed by atoms with Gasteiger partial charge in [-0.15, -0.1) is 11.6 Å². The molecule has 0 N–H and O–H groups in total. The molecule has 1 aromatic carbocycles. The number of hydrogen-bond donors (Lipinski definition) is 0. The fraction of sp³-hybridized carbons (Fsp3) is 0.533. The molecule has 0 aliphatic carbocycles. The van der Waals surface area contributed by atoms with Crippen molar-refractivity contribution in [1.82, 2.24) is 0 Å². The summed E-state index contributed by atoms with van der Waals surface area (Å²) in [5.74, 6) is -0.192. The van der Waals surface area contributed by atoms with E-state index in [1.165, 1.54) is 0 Å². The first-order chi connectivity index (χ1) is 9.63. The third-order valence-electron chi connectivity index (χ3n) is 3.35. The molecule has 0 aromatic heterocycles. The van der Waals surface area contributed by atoms with E-state index in [0.717, 1.165) is 23.2 Å². The highest BCUT2D eigenvalue weighted by Crippen LogP contribution is 2.26. The highest BCUT2D eigenvalue weighted by atomic mass is 35.5. The van der Waals surface area contributed by atoms with E-state index < -0.39 is 0 Å². The Bertz CT molecular complexity index is 452. The minimum atomic E-state index is -0.380. The number of alkyl halides is 1. The van der Waals surface area contributed by atoms with Crippen LogP contribution in [0.3, 0.4) is 0 Å². The average Bonchev–Trinajstić information content (AvgIpc) is 2.46. The Morgan fingerprint density at radius 2 is 1.90 bits per heavy atom. The van der Waals surface area contributed by atoms with Gasteiger partial charge in [-0.2, -0.15) is 0 Å². The number of carbonyl (C=O) groups excluding carboxylic acids is 1. The maximum atomic E-state index is 12.2. The fourth-order valence-corrected chi connectivity index (χ4v) is 2.56. The predicted molar refractivity (Wildman–Crippen MR) is 79.3 cm³/mol. The van der Waals surface area contributed by atoms with Crippen LogP contribution in [0, 0.1) is 13.8 Å². The van der Waals surface area contributed by atoms with Gasteiger partial charge < -0.3 is 14.4 Å². The lowest BCUT2D eigenvalue weighted by Gasteiger charge is -2.31. The highest BCUT2D eigenvalue weighted by Gasteiger charge is 2.24. The Hall–Kier alpha value is -1.10. The average molecular weight is 298 g/mol. The van der Waals surface area contributed by atoms with Crippen molar-refractivity contribution in [2.75, 3.05) is 30.5 Å². The number of anilines is 1. The second kappa shape index (κ2) is 7.07. The molecule has 0 saturated carbocycles. The molecular formula is C15H20ClNO3. The Morgan fingerprint density at radius 3 is 2.45 bits per heavy atom. The second-order valence-corrected chi connectivity index (χ2v) is 5.17. The number of ether oxygens (including phenoxy) is 2. The molecule has 1 aromatic rings. The number of hydrogen-bond acceptors (Lipinski definition) is 3. The molecule has 1 fully saturated rings. The molecule has 1 saturated heterocycles. The van der Waals surface area contributed by atoms with Crippen molar-refractivity contribution >= 4 is 23.2 Å². The maximum absolute atomic E-state index is 12.2. The molecule has 1 aliphatic heterocycles. The van der Waals surface area contributed by atoms with E-state index in [9.17, 15) is 4.79 Å². The zero-order chi connectivity index (χ0) is 14.5. The van der Waals surface area contributed by atoms with Crippen LogP contribution in [-0.2, 0) is 14.3 Å². The van der Waals surface area contributed by atoms with E-state index in [1.807, 2.05) is 32.0 Å². The SMILES string of the molecule is Cc1cccc(C)c1N(CC1OCCCO1)C(=O)CCl. The van der Waals surface area contributed by atoms with Gasteiger partial charge >= 0.3 is 0 Å². The van der Waals surface area contributed by atoms with Gasteiger partial charge in [-0.05, 0) is 31.4 Å². The van der Waals surface area contributed by atoms with Crippen molar-refractivity contribution in [1.29, 1.82) is 0 Å². The van der Waals surface area contributed by atoms with Gasteiger partial charge in [-0.3, -0.25) is 4.79 Å². The number of aryl methyl sites for hydroxylation is 2. The number of carbonyl (C=O) groups is 1. The molecule has 0 unspecified atom stereocenters. The van der Waals surface area contributed by atoms with Crippen LogP contribution in [0.2, 0.25) is 0 Å². The third kappa shape index (κ3) is 3.51. The van der Waals surface area contributed by atoms with Crippen LogP contribution in [0.5, 0.6) is 0 Å². The van der Waals surface area contributed by atoms with E-state index in [0.29, 0.717) is 19.8 Å². The number of nitrogens with zero attached hydrogens (tertiary/aromatic N) is 1. The Labute approximate surface area is 124 Å². The van der Waals surface area contributed by atoms with Crippen molar-refractivity contribution in [2.45, 2.75) is 26.6 Å². The molecule has 1 amide bonds. The minimum absolute atomic E-state index is 0.0551. The summed E-state index contributed by atoms with van der Waals surface area (Å²) >= 11 is 5.75. The standard InChI is InChI=1S/C15H20ClNO3/c1-11-5-3-6-12(2)15(11)17(13(18)9-16)10-14-19-7-4-8-20-14/h3,5-6,14H,4,7-10H2,1-2H3. The largest absolute Gasteiger partial charge is 0.351 e. The van der Waals surface area contributed by atoms with Crippen molar-refractivity contribution < 1.29 is 14.3 Å². The lowest BCUT2D eigenvalue weighted by molar-refractivity contribution is -0.173. The Balaban J connectivity index is 2.25. The maximum Gasteiger partial charge on any atom is 0.242 e. The second-order valence-electron chi connectivity index (χ2n) is 4.90. The number of amides is 1. The van der Waals surface area contributed by atoms with Crippen molar-refractivity contribution in [3.8, 4) is 0 Å². The van der Waals surface area contributed by atoms with Crippen molar-refractivity contribution in [3.63, 3.8) is 0 Å². The van der Waals surface area contributed by atoms with Gasteiger partial charge in [-0.25, -0.2) is 0 Å². The molecule has 110 valence electrons. The van der Waals surface area contributed by atoms with Gasteiger partial charge in [0.15, 0.2) is 6.29 Å². The van der Waals surface area contributed by atoms with E-state index in [2.05, 4.69) is 0 Å². The number of benzene rings is 1. The van der Waals surface area contributed by atoms with E-state index in [1.54, 1.807) is 4.90 Å². The topological polar surface area (TPSA) is 38.8 Å². The third-order valence-corrected chi connectivity index (χ3v) is 3.58. The van der Waals surface area contributed by atoms with E-state index in [-0.39, 0.29) is 18.1 Å². The molecule has 20 heavy (non-hydrogen) atoms. The van der Waals surface area contributed by atoms with Crippen LogP contribution < -0.4 is 4.90 Å². The molecule has 5 heteroatoms. The van der Waals surface area contributed by atoms with Gasteiger partial charge in [0.1, 0.15) is 5.88 Å². The van der Waals surface area contributed by atoms with Gasteiger partial charge in [0.25, 0.3) is 0 Å². The fourth-order valence-electron chi connectivity index (χ4n) is 2.41. The molecule has 4 nitrogen and oxygen atoms in total. The summed E-state index contributed by atoms with van der Waals surface area (Å²) in [5, 5.41) is 0. The molecule has 0 bridgehead atoms. The number of halogens is 1. The molecule has 0 radical (unpaired) electrons. The number of rotatable bonds is 4. The van der Waals surface area contributed by atoms with E-state index >= 15 is 0 Å². The zero-order valence-electron chi connectivity index (χ0n) is 11.9. The smallest absolute Gasteiger partial charge is 0.242 e.